The van der Waals surface area contributed by atoms with E-state index in [0.29, 0.717) is 6.61 Å². The first-order valence-corrected chi connectivity index (χ1v) is 8.94. The summed E-state index contributed by atoms with van der Waals surface area (Å²) in [5.41, 5.74) is -0.0839. The number of hydrogen-bond acceptors (Lipinski definition) is 3. The van der Waals surface area contributed by atoms with Crippen LogP contribution in [0.15, 0.2) is 36.4 Å². The van der Waals surface area contributed by atoms with Gasteiger partial charge in [0.05, 0.1) is 24.5 Å². The Morgan fingerprint density at radius 1 is 1.11 bits per heavy atom. The maximum absolute atomic E-state index is 13.3. The molecule has 0 aliphatic carbocycles. The average molecular weight is 403 g/mol. The Bertz CT molecular complexity index is 774. The van der Waals surface area contributed by atoms with Crippen molar-refractivity contribution in [3.63, 3.8) is 0 Å². The Labute approximate surface area is 159 Å². The van der Waals surface area contributed by atoms with Crippen LogP contribution in [0.5, 0.6) is 0 Å². The van der Waals surface area contributed by atoms with Crippen LogP contribution in [-0.2, 0) is 22.9 Å². The molecule has 3 rings (SSSR count). The monoisotopic (exact) mass is 402 g/mol. The number of ether oxygens (including phenoxy) is 1. The van der Waals surface area contributed by atoms with Gasteiger partial charge >= 0.3 is 6.18 Å². The number of alkyl halides is 3. The number of benzene rings is 1. The van der Waals surface area contributed by atoms with Crippen LogP contribution in [-0.4, -0.2) is 24.7 Å². The highest BCUT2D eigenvalue weighted by molar-refractivity contribution is 6.29. The zero-order valence-electron chi connectivity index (χ0n) is 14.5. The molecular formula is C19H19ClF4N2O. The minimum absolute atomic E-state index is 0.0833. The second-order valence-corrected chi connectivity index (χ2v) is 7.08. The summed E-state index contributed by atoms with van der Waals surface area (Å²) in [7, 11) is 0. The number of piperidine rings is 1. The van der Waals surface area contributed by atoms with Crippen LogP contribution in [0.25, 0.3) is 0 Å². The summed E-state index contributed by atoms with van der Waals surface area (Å²) in [5, 5.41) is 3.05. The van der Waals surface area contributed by atoms with Crippen molar-refractivity contribution in [3.8, 4) is 0 Å². The average Bonchev–Trinajstić information content (AvgIpc) is 2.62. The SMILES string of the molecule is Fc1ccc(C2(COCc3cc(C(F)(F)F)cc(Cl)n3)CCNCC2)cc1. The standard InChI is InChI=1S/C19H19ClF4N2O/c20-17-10-14(19(22,23)24)9-16(26-17)11-27-12-18(5-7-25-8-6-18)13-1-3-15(21)4-2-13/h1-4,9-10,25H,5-8,11-12H2. The molecule has 1 aliphatic rings. The van der Waals surface area contributed by atoms with Gasteiger partial charge in [0.25, 0.3) is 0 Å². The first kappa shape index (κ1) is 20.0. The topological polar surface area (TPSA) is 34.1 Å². The number of pyridine rings is 1. The predicted octanol–water partition coefficient (Wildman–Crippen LogP) is 4.73. The van der Waals surface area contributed by atoms with E-state index in [9.17, 15) is 17.6 Å². The molecule has 0 bridgehead atoms. The third-order valence-corrected chi connectivity index (χ3v) is 5.01. The van der Waals surface area contributed by atoms with E-state index in [2.05, 4.69) is 10.3 Å². The molecule has 2 aromatic rings. The molecule has 1 fully saturated rings. The summed E-state index contributed by atoms with van der Waals surface area (Å²) >= 11 is 5.71. The smallest absolute Gasteiger partial charge is 0.374 e. The second-order valence-electron chi connectivity index (χ2n) is 6.70. The third kappa shape index (κ3) is 4.97. The van der Waals surface area contributed by atoms with Crippen LogP contribution in [0.1, 0.15) is 29.7 Å². The molecule has 1 saturated heterocycles. The van der Waals surface area contributed by atoms with E-state index in [1.165, 1.54) is 12.1 Å². The van der Waals surface area contributed by atoms with Crippen molar-refractivity contribution in [2.45, 2.75) is 31.0 Å². The van der Waals surface area contributed by atoms with E-state index >= 15 is 0 Å². The molecular weight excluding hydrogens is 384 g/mol. The number of nitrogens with zero attached hydrogens (tertiary/aromatic N) is 1. The first-order valence-electron chi connectivity index (χ1n) is 8.57. The number of hydrogen-bond donors (Lipinski definition) is 1. The lowest BCUT2D eigenvalue weighted by atomic mass is 9.74. The molecule has 8 heteroatoms. The molecule has 3 nitrogen and oxygen atoms in total. The van der Waals surface area contributed by atoms with E-state index in [1.54, 1.807) is 12.1 Å². The van der Waals surface area contributed by atoms with Crippen molar-refractivity contribution in [2.75, 3.05) is 19.7 Å². The molecule has 0 amide bonds. The van der Waals surface area contributed by atoms with Gasteiger partial charge in [-0.05, 0) is 55.8 Å². The van der Waals surface area contributed by atoms with Gasteiger partial charge < -0.3 is 10.1 Å². The molecule has 0 atom stereocenters. The molecule has 1 aliphatic heterocycles. The van der Waals surface area contributed by atoms with Crippen molar-refractivity contribution in [2.24, 2.45) is 0 Å². The fraction of sp³-hybridized carbons (Fsp3) is 0.421. The molecule has 27 heavy (non-hydrogen) atoms. The molecule has 0 unspecified atom stereocenters. The first-order chi connectivity index (χ1) is 12.8. The van der Waals surface area contributed by atoms with Crippen LogP contribution in [0, 0.1) is 5.82 Å². The van der Waals surface area contributed by atoms with Crippen molar-refractivity contribution in [1.29, 1.82) is 0 Å². The molecule has 1 N–H and O–H groups in total. The lowest BCUT2D eigenvalue weighted by Crippen LogP contribution is -2.43. The summed E-state index contributed by atoms with van der Waals surface area (Å²) in [4.78, 5) is 3.92. The Morgan fingerprint density at radius 3 is 2.41 bits per heavy atom. The Balaban J connectivity index is 1.73. The van der Waals surface area contributed by atoms with Crippen LogP contribution in [0.4, 0.5) is 17.6 Å². The van der Waals surface area contributed by atoms with Gasteiger partial charge in [0, 0.05) is 5.41 Å². The lowest BCUT2D eigenvalue weighted by Gasteiger charge is -2.38. The van der Waals surface area contributed by atoms with Crippen molar-refractivity contribution >= 4 is 11.6 Å². The van der Waals surface area contributed by atoms with E-state index in [4.69, 9.17) is 16.3 Å². The molecule has 1 aromatic heterocycles. The normalized spacial score (nSPS) is 17.1. The van der Waals surface area contributed by atoms with Crippen LogP contribution in [0.3, 0.4) is 0 Å². The highest BCUT2D eigenvalue weighted by atomic mass is 35.5. The fourth-order valence-electron chi connectivity index (χ4n) is 3.36. The number of nitrogens with one attached hydrogen (secondary N) is 1. The molecule has 146 valence electrons. The van der Waals surface area contributed by atoms with Gasteiger partial charge in [-0.25, -0.2) is 9.37 Å². The molecule has 1 aromatic carbocycles. The Hall–Kier alpha value is -1.70. The molecule has 0 saturated carbocycles. The number of aromatic nitrogens is 1. The maximum atomic E-state index is 13.3. The second kappa shape index (κ2) is 8.12. The highest BCUT2D eigenvalue weighted by Crippen LogP contribution is 2.35. The third-order valence-electron chi connectivity index (χ3n) is 4.82. The Kier molecular flexibility index (Phi) is 6.03. The van der Waals surface area contributed by atoms with Gasteiger partial charge in [0.1, 0.15) is 11.0 Å². The quantitative estimate of drug-likeness (QED) is 0.580. The van der Waals surface area contributed by atoms with Gasteiger partial charge in [-0.1, -0.05) is 23.7 Å². The van der Waals surface area contributed by atoms with Crippen LogP contribution >= 0.6 is 11.6 Å². The maximum Gasteiger partial charge on any atom is 0.416 e. The van der Waals surface area contributed by atoms with Crippen molar-refractivity contribution < 1.29 is 22.3 Å². The molecule has 2 heterocycles. The van der Waals surface area contributed by atoms with Gasteiger partial charge in [-0.15, -0.1) is 0 Å². The van der Waals surface area contributed by atoms with Crippen molar-refractivity contribution in [1.82, 2.24) is 10.3 Å². The molecule has 0 spiro atoms. The summed E-state index contributed by atoms with van der Waals surface area (Å²) in [6, 6.07) is 8.03. The van der Waals surface area contributed by atoms with Crippen LogP contribution < -0.4 is 5.32 Å². The summed E-state index contributed by atoms with van der Waals surface area (Å²) in [5.74, 6) is -0.313. The lowest BCUT2D eigenvalue weighted by molar-refractivity contribution is -0.137. The summed E-state index contributed by atoms with van der Waals surface area (Å²) < 4.78 is 57.8. The number of rotatable bonds is 5. The molecule has 0 radical (unpaired) electrons. The summed E-state index contributed by atoms with van der Waals surface area (Å²) in [6.07, 6.45) is -2.92. The zero-order valence-corrected chi connectivity index (χ0v) is 15.2. The highest BCUT2D eigenvalue weighted by Gasteiger charge is 2.35. The number of halogens is 5. The Morgan fingerprint density at radius 2 is 1.78 bits per heavy atom. The minimum atomic E-state index is -4.49. The van der Waals surface area contributed by atoms with Gasteiger partial charge in [0.15, 0.2) is 0 Å². The van der Waals surface area contributed by atoms with E-state index in [1.807, 2.05) is 0 Å². The fourth-order valence-corrected chi connectivity index (χ4v) is 3.59. The van der Waals surface area contributed by atoms with E-state index < -0.39 is 11.7 Å². The van der Waals surface area contributed by atoms with Gasteiger partial charge in [0.2, 0.25) is 0 Å². The predicted molar refractivity (Wildman–Crippen MR) is 94.1 cm³/mol. The summed E-state index contributed by atoms with van der Waals surface area (Å²) in [6.45, 7) is 1.79. The van der Waals surface area contributed by atoms with Gasteiger partial charge in [-0.2, -0.15) is 13.2 Å². The van der Waals surface area contributed by atoms with Gasteiger partial charge in [-0.3, -0.25) is 0 Å². The largest absolute Gasteiger partial charge is 0.416 e. The zero-order chi connectivity index (χ0) is 19.5. The van der Waals surface area contributed by atoms with Crippen LogP contribution in [0.2, 0.25) is 5.15 Å². The van der Waals surface area contributed by atoms with E-state index in [0.717, 1.165) is 43.6 Å². The minimum Gasteiger partial charge on any atom is -0.374 e. The van der Waals surface area contributed by atoms with Crippen molar-refractivity contribution in [3.05, 3.63) is 64.2 Å². The van der Waals surface area contributed by atoms with E-state index in [-0.39, 0.29) is 28.7 Å².